The van der Waals surface area contributed by atoms with E-state index in [0.29, 0.717) is 34.9 Å². The van der Waals surface area contributed by atoms with E-state index in [9.17, 15) is 4.79 Å². The van der Waals surface area contributed by atoms with Gasteiger partial charge in [0.15, 0.2) is 11.5 Å². The van der Waals surface area contributed by atoms with E-state index in [4.69, 9.17) is 9.47 Å². The van der Waals surface area contributed by atoms with Crippen molar-refractivity contribution in [2.75, 3.05) is 32.7 Å². The summed E-state index contributed by atoms with van der Waals surface area (Å²) in [6.07, 6.45) is 2.86. The first-order chi connectivity index (χ1) is 13.6. The molecule has 0 spiro atoms. The molecular formula is C21H22N4O3. The average molecular weight is 378 g/mol. The van der Waals surface area contributed by atoms with E-state index >= 15 is 0 Å². The number of aromatic amines is 2. The zero-order valence-corrected chi connectivity index (χ0v) is 16.1. The first-order valence-electron chi connectivity index (χ1n) is 9.03. The number of hydrogen-bond acceptors (Lipinski definition) is 5. The number of para-hydroxylation sites is 1. The van der Waals surface area contributed by atoms with Crippen LogP contribution in [0.1, 0.15) is 5.56 Å². The molecule has 2 heterocycles. The molecule has 0 fully saturated rings. The minimum atomic E-state index is -0.302. The van der Waals surface area contributed by atoms with Crippen LogP contribution in [-0.2, 0) is 6.42 Å². The van der Waals surface area contributed by atoms with Gasteiger partial charge < -0.3 is 24.3 Å². The van der Waals surface area contributed by atoms with Crippen molar-refractivity contribution in [3.63, 3.8) is 0 Å². The fourth-order valence-corrected chi connectivity index (χ4v) is 3.38. The smallest absolute Gasteiger partial charge is 0.282 e. The second-order valence-corrected chi connectivity index (χ2v) is 6.65. The Labute approximate surface area is 161 Å². The van der Waals surface area contributed by atoms with E-state index in [2.05, 4.69) is 27.1 Å². The molecule has 2 N–H and O–H groups in total. The standard InChI is InChI=1S/C21H22N4O3/c1-25(9-8-13-12-22-16-7-5-4-6-14(13)16)21-23-17-11-19(28-3)18(27-2)10-15(17)20(26)24-21/h4-7,10-12,22H,8-9H2,1-3H3,(H,23,24,26). The number of ether oxygens (including phenoxy) is 2. The molecule has 7 heteroatoms. The lowest BCUT2D eigenvalue weighted by Gasteiger charge is -2.18. The highest BCUT2D eigenvalue weighted by atomic mass is 16.5. The summed E-state index contributed by atoms with van der Waals surface area (Å²) in [5.41, 5.74) is 2.71. The molecule has 0 aliphatic rings. The van der Waals surface area contributed by atoms with Crippen LogP contribution < -0.4 is 19.9 Å². The molecule has 28 heavy (non-hydrogen) atoms. The number of H-pyrrole nitrogens is 2. The number of fused-ring (bicyclic) bond motifs is 2. The molecule has 4 aromatic rings. The van der Waals surface area contributed by atoms with E-state index in [1.54, 1.807) is 19.2 Å². The van der Waals surface area contributed by atoms with Crippen molar-refractivity contribution in [1.29, 1.82) is 0 Å². The minimum Gasteiger partial charge on any atom is -0.493 e. The quantitative estimate of drug-likeness (QED) is 0.539. The Morgan fingerprint density at radius 2 is 1.79 bits per heavy atom. The van der Waals surface area contributed by atoms with Gasteiger partial charge in [-0.05, 0) is 24.1 Å². The molecule has 2 aromatic heterocycles. The van der Waals surface area contributed by atoms with E-state index < -0.39 is 0 Å². The number of rotatable bonds is 6. The molecule has 0 saturated heterocycles. The Balaban J connectivity index is 1.61. The number of benzene rings is 2. The second-order valence-electron chi connectivity index (χ2n) is 6.65. The highest BCUT2D eigenvalue weighted by Crippen LogP contribution is 2.30. The number of aromatic nitrogens is 3. The Kier molecular flexibility index (Phi) is 4.65. The number of anilines is 1. The molecule has 0 radical (unpaired) electrons. The van der Waals surface area contributed by atoms with Gasteiger partial charge in [-0.25, -0.2) is 0 Å². The van der Waals surface area contributed by atoms with Crippen LogP contribution in [0.5, 0.6) is 11.5 Å². The van der Waals surface area contributed by atoms with Gasteiger partial charge >= 0.3 is 0 Å². The molecule has 0 bridgehead atoms. The van der Waals surface area contributed by atoms with Crippen LogP contribution >= 0.6 is 0 Å². The zero-order valence-electron chi connectivity index (χ0n) is 16.1. The Bertz CT molecular complexity index is 1200. The zero-order chi connectivity index (χ0) is 19.7. The molecule has 0 amide bonds. The van der Waals surface area contributed by atoms with Gasteiger partial charge in [-0.15, -0.1) is 0 Å². The molecule has 2 aromatic carbocycles. The largest absolute Gasteiger partial charge is 0.493 e. The van der Waals surface area contributed by atoms with Crippen molar-refractivity contribution < 1.29 is 9.47 Å². The molecular weight excluding hydrogens is 356 g/mol. The summed E-state index contributed by atoms with van der Waals surface area (Å²) in [5, 5.41) is 1.68. The Hall–Kier alpha value is -3.48. The van der Waals surface area contributed by atoms with Gasteiger partial charge in [-0.3, -0.25) is 4.79 Å². The van der Waals surface area contributed by atoms with Gasteiger partial charge in [0.25, 0.3) is 5.56 Å². The van der Waals surface area contributed by atoms with Gasteiger partial charge in [-0.2, -0.15) is 4.98 Å². The number of nitrogens with zero attached hydrogens (tertiary/aromatic N) is 2. The maximum atomic E-state index is 12.5. The van der Waals surface area contributed by atoms with Crippen LogP contribution in [0, 0.1) is 0 Å². The second kappa shape index (κ2) is 7.26. The highest BCUT2D eigenvalue weighted by molar-refractivity contribution is 5.83. The highest BCUT2D eigenvalue weighted by Gasteiger charge is 2.13. The van der Waals surface area contributed by atoms with E-state index in [0.717, 1.165) is 11.9 Å². The van der Waals surface area contributed by atoms with Crippen molar-refractivity contribution in [1.82, 2.24) is 15.0 Å². The maximum absolute atomic E-state index is 12.5. The normalized spacial score (nSPS) is 11.1. The number of methoxy groups -OCH3 is 2. The summed E-state index contributed by atoms with van der Waals surface area (Å²) in [7, 11) is 5.02. The molecule has 0 aliphatic carbocycles. The maximum Gasteiger partial charge on any atom is 0.282 e. The van der Waals surface area contributed by atoms with E-state index in [1.165, 1.54) is 18.1 Å². The lowest BCUT2D eigenvalue weighted by molar-refractivity contribution is 0.355. The molecule has 0 unspecified atom stereocenters. The fourth-order valence-electron chi connectivity index (χ4n) is 3.38. The van der Waals surface area contributed by atoms with Gasteiger partial charge in [0.1, 0.15) is 0 Å². The molecule has 7 nitrogen and oxygen atoms in total. The average Bonchev–Trinajstić information content (AvgIpc) is 3.14. The Morgan fingerprint density at radius 3 is 2.57 bits per heavy atom. The van der Waals surface area contributed by atoms with Gasteiger partial charge in [0.2, 0.25) is 5.95 Å². The monoisotopic (exact) mass is 378 g/mol. The topological polar surface area (TPSA) is 83.2 Å². The molecule has 4 rings (SSSR count). The first-order valence-corrected chi connectivity index (χ1v) is 9.03. The van der Waals surface area contributed by atoms with Crippen LogP contribution in [0.4, 0.5) is 5.95 Å². The summed E-state index contributed by atoms with van der Waals surface area (Å²) < 4.78 is 10.6. The SMILES string of the molecule is COc1cc2[nH]c(N(C)CCc3c[nH]c4ccccc34)nc(=O)c2cc1OC. The predicted molar refractivity (Wildman–Crippen MR) is 111 cm³/mol. The number of nitrogens with one attached hydrogen (secondary N) is 2. The number of hydrogen-bond donors (Lipinski definition) is 2. The van der Waals surface area contributed by atoms with Crippen LogP contribution in [0.15, 0.2) is 47.4 Å². The molecule has 144 valence electrons. The summed E-state index contributed by atoms with van der Waals surface area (Å²) in [6.45, 7) is 0.712. The van der Waals surface area contributed by atoms with Crippen LogP contribution in [0.3, 0.4) is 0 Å². The third-order valence-electron chi connectivity index (χ3n) is 4.96. The first kappa shape index (κ1) is 17.9. The van der Waals surface area contributed by atoms with Gasteiger partial charge in [0.05, 0.1) is 25.1 Å². The van der Waals surface area contributed by atoms with Crippen molar-refractivity contribution in [3.05, 3.63) is 58.5 Å². The lowest BCUT2D eigenvalue weighted by atomic mass is 10.1. The molecule has 0 saturated carbocycles. The van der Waals surface area contributed by atoms with Crippen LogP contribution in [-0.4, -0.2) is 42.8 Å². The van der Waals surface area contributed by atoms with Crippen molar-refractivity contribution in [2.45, 2.75) is 6.42 Å². The van der Waals surface area contributed by atoms with Crippen LogP contribution in [0.2, 0.25) is 0 Å². The summed E-state index contributed by atoms with van der Waals surface area (Å²) in [5.74, 6) is 1.58. The Morgan fingerprint density at radius 1 is 1.04 bits per heavy atom. The van der Waals surface area contributed by atoms with Crippen molar-refractivity contribution in [3.8, 4) is 11.5 Å². The third kappa shape index (κ3) is 3.15. The molecule has 0 aliphatic heterocycles. The van der Waals surface area contributed by atoms with E-state index in [-0.39, 0.29) is 5.56 Å². The van der Waals surface area contributed by atoms with Crippen LogP contribution in [0.25, 0.3) is 21.8 Å². The third-order valence-corrected chi connectivity index (χ3v) is 4.96. The summed E-state index contributed by atoms with van der Waals surface area (Å²) >= 11 is 0. The summed E-state index contributed by atoms with van der Waals surface area (Å²) in [4.78, 5) is 25.2. The minimum absolute atomic E-state index is 0.302. The van der Waals surface area contributed by atoms with Gasteiger partial charge in [-0.1, -0.05) is 18.2 Å². The lowest BCUT2D eigenvalue weighted by Crippen LogP contribution is -2.25. The predicted octanol–water partition coefficient (Wildman–Crippen LogP) is 3.10. The molecule has 0 atom stereocenters. The number of likely N-dealkylation sites (N-methyl/N-ethyl adjacent to an activating group) is 1. The van der Waals surface area contributed by atoms with E-state index in [1.807, 2.05) is 30.3 Å². The van der Waals surface area contributed by atoms with Crippen molar-refractivity contribution >= 4 is 27.8 Å². The fraction of sp³-hybridized carbons (Fsp3) is 0.238. The van der Waals surface area contributed by atoms with Gasteiger partial charge in [0, 0.05) is 36.8 Å². The van der Waals surface area contributed by atoms with Crippen molar-refractivity contribution in [2.24, 2.45) is 0 Å². The summed E-state index contributed by atoms with van der Waals surface area (Å²) in [6, 6.07) is 11.6.